The van der Waals surface area contributed by atoms with E-state index >= 15 is 0 Å². The maximum absolute atomic E-state index is 5.87. The number of benzene rings is 1. The van der Waals surface area contributed by atoms with Gasteiger partial charge in [-0.2, -0.15) is 19.5 Å². The number of nitrogens with two attached hydrogens (primary N) is 1. The first-order chi connectivity index (χ1) is 9.56. The molecule has 0 radical (unpaired) electrons. The first kappa shape index (κ1) is 14.0. The van der Waals surface area contributed by atoms with Gasteiger partial charge >= 0.3 is 0 Å². The van der Waals surface area contributed by atoms with Crippen LogP contribution in [-0.2, 0) is 0 Å². The minimum Gasteiger partial charge on any atom is -0.368 e. The molecular weight excluding hydrogens is 455 g/mol. The number of fused-ring (bicyclic) bond motifs is 1. The lowest BCUT2D eigenvalue weighted by molar-refractivity contribution is 0.851. The molecule has 0 spiro atoms. The van der Waals surface area contributed by atoms with Crippen LogP contribution in [0.15, 0.2) is 27.8 Å². The molecule has 2 N–H and O–H groups in total. The van der Waals surface area contributed by atoms with Crippen molar-refractivity contribution < 1.29 is 0 Å². The highest BCUT2D eigenvalue weighted by Gasteiger charge is 2.12. The molecule has 6 nitrogen and oxygen atoms in total. The number of aromatic nitrogens is 5. The minimum atomic E-state index is 0.280. The molecule has 0 aliphatic carbocycles. The fourth-order valence-corrected chi connectivity index (χ4v) is 3.63. The molecule has 9 heteroatoms. The van der Waals surface area contributed by atoms with E-state index in [0.717, 1.165) is 13.6 Å². The second-order valence-electron chi connectivity index (χ2n) is 3.87. The first-order valence-electron chi connectivity index (χ1n) is 5.47. The normalized spacial score (nSPS) is 11.2. The molecule has 2 aromatic heterocycles. The summed E-state index contributed by atoms with van der Waals surface area (Å²) in [5.74, 6) is 1.30. The zero-order chi connectivity index (χ0) is 14.3. The van der Waals surface area contributed by atoms with Gasteiger partial charge in [0.1, 0.15) is 0 Å². The predicted octanol–water partition coefficient (Wildman–Crippen LogP) is 2.86. The van der Waals surface area contributed by atoms with Crippen molar-refractivity contribution in [3.8, 4) is 11.4 Å². The highest BCUT2D eigenvalue weighted by atomic mass is 127. The third kappa shape index (κ3) is 2.61. The maximum Gasteiger partial charge on any atom is 0.258 e. The van der Waals surface area contributed by atoms with Gasteiger partial charge < -0.3 is 5.73 Å². The largest absolute Gasteiger partial charge is 0.368 e. The summed E-state index contributed by atoms with van der Waals surface area (Å²) >= 11 is 7.13. The zero-order valence-corrected chi connectivity index (χ0v) is 14.8. The quantitative estimate of drug-likeness (QED) is 0.465. The molecule has 102 valence electrons. The van der Waals surface area contributed by atoms with E-state index < -0.39 is 0 Å². The highest BCUT2D eigenvalue weighted by Crippen LogP contribution is 2.24. The number of nitrogens with zero attached hydrogens (tertiary/aromatic N) is 5. The van der Waals surface area contributed by atoms with Gasteiger partial charge in [-0.1, -0.05) is 27.7 Å². The van der Waals surface area contributed by atoms with Crippen molar-refractivity contribution in [3.05, 3.63) is 26.2 Å². The van der Waals surface area contributed by atoms with Gasteiger partial charge in [0.15, 0.2) is 11.0 Å². The van der Waals surface area contributed by atoms with Crippen LogP contribution in [0.25, 0.3) is 17.2 Å². The van der Waals surface area contributed by atoms with E-state index in [4.69, 9.17) is 5.73 Å². The molecule has 1 aromatic carbocycles. The van der Waals surface area contributed by atoms with Crippen LogP contribution in [0.5, 0.6) is 0 Å². The Morgan fingerprint density at radius 1 is 1.25 bits per heavy atom. The molecule has 0 amide bonds. The van der Waals surface area contributed by atoms with E-state index in [0.29, 0.717) is 16.8 Å². The van der Waals surface area contributed by atoms with Crippen molar-refractivity contribution >= 4 is 62.0 Å². The summed E-state index contributed by atoms with van der Waals surface area (Å²) in [7, 11) is 0. The average molecular weight is 463 g/mol. The Morgan fingerprint density at radius 2 is 2.05 bits per heavy atom. The lowest BCUT2D eigenvalue weighted by Crippen LogP contribution is -2.04. The molecule has 0 fully saturated rings. The van der Waals surface area contributed by atoms with Crippen molar-refractivity contribution in [2.75, 3.05) is 12.0 Å². The molecule has 3 rings (SSSR count). The monoisotopic (exact) mass is 462 g/mol. The van der Waals surface area contributed by atoms with Gasteiger partial charge in [-0.25, -0.2) is 0 Å². The van der Waals surface area contributed by atoms with Gasteiger partial charge in [0.2, 0.25) is 5.95 Å². The number of halogens is 2. The van der Waals surface area contributed by atoms with E-state index in [9.17, 15) is 0 Å². The topological polar surface area (TPSA) is 82.0 Å². The van der Waals surface area contributed by atoms with Crippen molar-refractivity contribution in [3.63, 3.8) is 0 Å². The number of hydrogen-bond acceptors (Lipinski definition) is 6. The number of anilines is 1. The van der Waals surface area contributed by atoms with Crippen LogP contribution in [0.1, 0.15) is 0 Å². The summed E-state index contributed by atoms with van der Waals surface area (Å²) in [6.45, 7) is 0. The Morgan fingerprint density at radius 3 is 2.75 bits per heavy atom. The number of rotatable bonds is 2. The Bertz CT molecular complexity index is 785. The van der Waals surface area contributed by atoms with Crippen LogP contribution < -0.4 is 5.73 Å². The van der Waals surface area contributed by atoms with Crippen LogP contribution in [-0.4, -0.2) is 30.8 Å². The second kappa shape index (κ2) is 5.45. The molecule has 0 aliphatic rings. The van der Waals surface area contributed by atoms with Crippen molar-refractivity contribution in [2.24, 2.45) is 0 Å². The second-order valence-corrected chi connectivity index (χ2v) is 6.81. The van der Waals surface area contributed by atoms with Crippen molar-refractivity contribution in [2.45, 2.75) is 5.16 Å². The van der Waals surface area contributed by atoms with Crippen molar-refractivity contribution in [1.29, 1.82) is 0 Å². The van der Waals surface area contributed by atoms with Crippen molar-refractivity contribution in [1.82, 2.24) is 24.6 Å². The number of nitrogen functional groups attached to an aromatic ring is 1. The number of thioether (sulfide) groups is 1. The summed E-state index contributed by atoms with van der Waals surface area (Å²) in [5.41, 5.74) is 6.77. The molecule has 0 saturated heterocycles. The first-order valence-corrected chi connectivity index (χ1v) is 8.57. The van der Waals surface area contributed by atoms with E-state index in [2.05, 4.69) is 58.6 Å². The Kier molecular flexibility index (Phi) is 3.82. The summed E-state index contributed by atoms with van der Waals surface area (Å²) in [4.78, 5) is 12.9. The zero-order valence-electron chi connectivity index (χ0n) is 10.2. The van der Waals surface area contributed by atoms with E-state index in [1.807, 2.05) is 24.5 Å². The molecule has 0 unspecified atom stereocenters. The number of hydrogen-bond donors (Lipinski definition) is 1. The van der Waals surface area contributed by atoms with Crippen LogP contribution in [0.3, 0.4) is 0 Å². The van der Waals surface area contributed by atoms with Gasteiger partial charge in [0.05, 0.1) is 0 Å². The van der Waals surface area contributed by atoms with Gasteiger partial charge in [-0.05, 0) is 47.0 Å². The molecule has 0 bridgehead atoms. The average Bonchev–Trinajstić information content (AvgIpc) is 2.82. The molecular formula is C11H8BrIN6S. The highest BCUT2D eigenvalue weighted by molar-refractivity contribution is 14.1. The summed E-state index contributed by atoms with van der Waals surface area (Å²) in [5, 5.41) is 4.94. The molecule has 0 aliphatic heterocycles. The molecule has 20 heavy (non-hydrogen) atoms. The fraction of sp³-hybridized carbons (Fsp3) is 0.0909. The Hall–Kier alpha value is -0.940. The van der Waals surface area contributed by atoms with Crippen LogP contribution >= 0.6 is 50.3 Å². The minimum absolute atomic E-state index is 0.280. The molecule has 3 aromatic rings. The third-order valence-corrected chi connectivity index (χ3v) is 4.14. The predicted molar refractivity (Wildman–Crippen MR) is 90.6 cm³/mol. The summed E-state index contributed by atoms with van der Waals surface area (Å²) < 4.78 is 3.51. The Balaban J connectivity index is 2.20. The van der Waals surface area contributed by atoms with Crippen LogP contribution in [0, 0.1) is 3.57 Å². The summed E-state index contributed by atoms with van der Waals surface area (Å²) in [6.07, 6.45) is 1.89. The Labute approximate surface area is 140 Å². The molecule has 0 atom stereocenters. The smallest absolute Gasteiger partial charge is 0.258 e. The summed E-state index contributed by atoms with van der Waals surface area (Å²) in [6, 6.07) is 5.97. The third-order valence-electron chi connectivity index (χ3n) is 2.52. The van der Waals surface area contributed by atoms with Gasteiger partial charge in [0, 0.05) is 13.6 Å². The van der Waals surface area contributed by atoms with Crippen LogP contribution in [0.4, 0.5) is 5.95 Å². The van der Waals surface area contributed by atoms with E-state index in [1.165, 1.54) is 16.3 Å². The van der Waals surface area contributed by atoms with Gasteiger partial charge in [-0.15, -0.1) is 5.10 Å². The van der Waals surface area contributed by atoms with Gasteiger partial charge in [-0.3, -0.25) is 0 Å². The maximum atomic E-state index is 5.87. The lowest BCUT2D eigenvalue weighted by Gasteiger charge is -1.98. The lowest BCUT2D eigenvalue weighted by atomic mass is 10.2. The van der Waals surface area contributed by atoms with E-state index in [-0.39, 0.29) is 5.95 Å². The standard InChI is InChI=1S/C11H8BrIN6S/c1-20-11-16-9(14)19-10(17-11)15-8(18-19)5-2-6(12)4-7(13)3-5/h2-4H,1H3,(H2,14,15,16,17,18). The SMILES string of the molecule is CSc1nc(N)n2nc(-c3cc(Br)cc(I)c3)nc2n1. The fourth-order valence-electron chi connectivity index (χ4n) is 1.68. The van der Waals surface area contributed by atoms with Gasteiger partial charge in [0.25, 0.3) is 5.78 Å². The molecule has 2 heterocycles. The van der Waals surface area contributed by atoms with Crippen LogP contribution in [0.2, 0.25) is 0 Å². The molecule has 0 saturated carbocycles. The van der Waals surface area contributed by atoms with E-state index in [1.54, 1.807) is 0 Å².